The monoisotopic (exact) mass is 740 g/mol. The summed E-state index contributed by atoms with van der Waals surface area (Å²) in [4.78, 5) is 0. The molecule has 0 saturated heterocycles. The van der Waals surface area contributed by atoms with Gasteiger partial charge in [0.25, 0.3) is 0 Å². The Morgan fingerprint density at radius 1 is 0.702 bits per heavy atom. The van der Waals surface area contributed by atoms with Gasteiger partial charge in [0.1, 0.15) is 0 Å². The topological polar surface area (TPSA) is 0 Å². The van der Waals surface area contributed by atoms with Gasteiger partial charge in [0.05, 0.1) is 0 Å². The fraction of sp³-hybridized carbons (Fsp3) is 0.523. The van der Waals surface area contributed by atoms with Gasteiger partial charge in [0.15, 0.2) is 0 Å². The zero-order valence-electron chi connectivity index (χ0n) is 29.8. The molecule has 0 nitrogen and oxygen atoms in total. The summed E-state index contributed by atoms with van der Waals surface area (Å²) >= 11 is -2.43. The van der Waals surface area contributed by atoms with Gasteiger partial charge in [0.2, 0.25) is 0 Å². The van der Waals surface area contributed by atoms with Crippen molar-refractivity contribution >= 4 is 15.4 Å². The molecular weight excluding hydrogens is 691 g/mol. The first-order valence-corrected chi connectivity index (χ1v) is 22.5. The van der Waals surface area contributed by atoms with Crippen LogP contribution < -0.4 is 24.8 Å². The van der Waals surface area contributed by atoms with Gasteiger partial charge in [-0.25, -0.2) is 0 Å². The first kappa shape index (κ1) is 34.2. The van der Waals surface area contributed by atoms with E-state index in [2.05, 4.69) is 97.9 Å². The van der Waals surface area contributed by atoms with Crippen molar-refractivity contribution in [1.29, 1.82) is 0 Å². The molecule has 0 heterocycles. The van der Waals surface area contributed by atoms with E-state index in [9.17, 15) is 0 Å². The van der Waals surface area contributed by atoms with Crippen molar-refractivity contribution < 1.29 is 46.1 Å². The normalized spacial score (nSPS) is 31.2. The molecule has 0 aromatic heterocycles. The summed E-state index contributed by atoms with van der Waals surface area (Å²) in [6.07, 6.45) is 18.2. The average molecular weight is 743 g/mol. The maximum absolute atomic E-state index is 5.33. The Morgan fingerprint density at radius 3 is 1.60 bits per heavy atom. The molecule has 8 aliphatic carbocycles. The Balaban J connectivity index is 0.00000176. The van der Waals surface area contributed by atoms with E-state index >= 15 is 0 Å². The summed E-state index contributed by atoms with van der Waals surface area (Å²) in [5.74, 6) is 3.63. The molecule has 3 heteroatoms. The van der Waals surface area contributed by atoms with Crippen molar-refractivity contribution in [2.45, 2.75) is 115 Å². The molecule has 4 saturated carbocycles. The summed E-state index contributed by atoms with van der Waals surface area (Å²) in [6.45, 7) is 19.3. The predicted octanol–water partition coefficient (Wildman–Crippen LogP) is 5.66. The number of rotatable bonds is 4. The van der Waals surface area contributed by atoms with Crippen LogP contribution in [0.3, 0.4) is 0 Å². The average Bonchev–Trinajstić information content (AvgIpc) is 3.56. The third-order valence-electron chi connectivity index (χ3n) is 13.9. The van der Waals surface area contributed by atoms with Crippen LogP contribution in [0.2, 0.25) is 0 Å². The molecule has 0 radical (unpaired) electrons. The summed E-state index contributed by atoms with van der Waals surface area (Å²) in [6, 6.07) is 10.5. The minimum atomic E-state index is -2.43. The summed E-state index contributed by atoms with van der Waals surface area (Å²) in [5, 5.41) is 0. The molecule has 0 N–H and O–H groups in total. The smallest absolute Gasteiger partial charge is 1.00 e. The number of fused-ring (bicyclic) bond motifs is 5. The van der Waals surface area contributed by atoms with Crippen LogP contribution in [0, 0.1) is 29.1 Å². The zero-order chi connectivity index (χ0) is 31.4. The van der Waals surface area contributed by atoms with E-state index in [1.54, 1.807) is 22.3 Å². The maximum Gasteiger partial charge on any atom is -1.00 e. The van der Waals surface area contributed by atoms with Gasteiger partial charge in [-0.05, 0) is 0 Å². The van der Waals surface area contributed by atoms with Crippen molar-refractivity contribution in [3.05, 3.63) is 90.3 Å². The maximum atomic E-state index is 5.33. The van der Waals surface area contributed by atoms with E-state index in [0.717, 1.165) is 17.8 Å². The predicted molar refractivity (Wildman–Crippen MR) is 189 cm³/mol. The Kier molecular flexibility index (Phi) is 8.09. The van der Waals surface area contributed by atoms with Crippen molar-refractivity contribution in [3.63, 3.8) is 0 Å². The Labute approximate surface area is 304 Å². The number of hydrogen-bond donors (Lipinski definition) is 0. The van der Waals surface area contributed by atoms with Crippen LogP contribution in [0.1, 0.15) is 137 Å². The first-order chi connectivity index (χ1) is 21.2. The van der Waals surface area contributed by atoms with Crippen molar-refractivity contribution in [3.8, 4) is 11.1 Å². The molecule has 246 valence electrons. The van der Waals surface area contributed by atoms with Gasteiger partial charge in [-0.15, -0.1) is 0 Å². The Bertz CT molecular complexity index is 1750. The van der Waals surface area contributed by atoms with Gasteiger partial charge >= 0.3 is 282 Å². The fourth-order valence-electron chi connectivity index (χ4n) is 12.6. The molecular formula is C44H52Cl2Zr. The van der Waals surface area contributed by atoms with Crippen LogP contribution in [-0.2, 0) is 32.1 Å². The minimum Gasteiger partial charge on any atom is -1.00 e. The standard InChI is InChI=1S/C25H25.C18H25.CH2.2ClH.Zr/c1-14-12-24(3,4)22-8-16-7-17-9-23-19(15(2)13-25(23,5)6)11-21(17)20(16)10-18(14)22;1-12-3-13(2)17(4-12)11-18-8-14-5-15(9-18)7-16(6-14)10-18;;;;/h7-13H,1-6H3;4,12,14-16H,5-11H2,1-2H3;1H2;2*1H;/q;;;;;+2/p-2. The van der Waals surface area contributed by atoms with E-state index in [4.69, 9.17) is 4.21 Å². The molecule has 1 unspecified atom stereocenters. The Hall–Kier alpha value is -1.27. The van der Waals surface area contributed by atoms with E-state index < -0.39 is 21.3 Å². The summed E-state index contributed by atoms with van der Waals surface area (Å²) in [7, 11) is 0. The molecule has 10 rings (SSSR count). The van der Waals surface area contributed by atoms with E-state index in [1.807, 2.05) is 3.28 Å². The third-order valence-corrected chi connectivity index (χ3v) is 20.9. The number of allylic oxidation sites excluding steroid dienone is 8. The third kappa shape index (κ3) is 4.93. The SMILES string of the molecule is [CH2]=[Zr+2]([C]1=C(C)C(CC23CC4CC(CC(C4)C2)C3)=CC1C)[CH]1c2cc3c(cc2-c2cc4c(cc21)C(C)(C)C=C4C)C(C)=CC3(C)C.[Cl-].[Cl-]. The minimum absolute atomic E-state index is 0. The van der Waals surface area contributed by atoms with Crippen LogP contribution in [-0.4, -0.2) is 4.21 Å². The van der Waals surface area contributed by atoms with Gasteiger partial charge in [-0.2, -0.15) is 0 Å². The van der Waals surface area contributed by atoms with Crippen molar-refractivity contribution in [2.24, 2.45) is 29.1 Å². The number of hydrogen-bond acceptors (Lipinski definition) is 0. The molecule has 0 amide bonds. The van der Waals surface area contributed by atoms with Gasteiger partial charge in [-0.1, -0.05) is 0 Å². The molecule has 0 spiro atoms. The molecule has 4 fully saturated rings. The summed E-state index contributed by atoms with van der Waals surface area (Å²) in [5.41, 5.74) is 19.3. The first-order valence-electron chi connectivity index (χ1n) is 18.1. The van der Waals surface area contributed by atoms with Gasteiger partial charge in [0, 0.05) is 0 Å². The fourth-order valence-corrected chi connectivity index (χ4v) is 19.7. The molecule has 8 aliphatic rings. The van der Waals surface area contributed by atoms with Crippen LogP contribution in [0.5, 0.6) is 0 Å². The molecule has 2 aromatic rings. The van der Waals surface area contributed by atoms with Crippen LogP contribution >= 0.6 is 0 Å². The van der Waals surface area contributed by atoms with Crippen LogP contribution in [0.15, 0.2) is 56.9 Å². The summed E-state index contributed by atoms with van der Waals surface area (Å²) < 4.78 is 7.63. The quantitative estimate of drug-likeness (QED) is 0.380. The zero-order valence-corrected chi connectivity index (χ0v) is 33.8. The van der Waals surface area contributed by atoms with Gasteiger partial charge < -0.3 is 24.8 Å². The van der Waals surface area contributed by atoms with Crippen molar-refractivity contribution in [2.75, 3.05) is 0 Å². The molecule has 2 aromatic carbocycles. The second-order valence-electron chi connectivity index (χ2n) is 18.1. The van der Waals surface area contributed by atoms with E-state index in [1.165, 1.54) is 89.5 Å². The molecule has 0 aliphatic heterocycles. The van der Waals surface area contributed by atoms with Crippen LogP contribution in [0.25, 0.3) is 22.3 Å². The number of benzene rings is 2. The largest absolute Gasteiger partial charge is 1.00 e. The second-order valence-corrected chi connectivity index (χ2v) is 23.5. The van der Waals surface area contributed by atoms with Gasteiger partial charge in [-0.3, -0.25) is 0 Å². The van der Waals surface area contributed by atoms with Crippen LogP contribution in [0.4, 0.5) is 0 Å². The Morgan fingerprint density at radius 2 is 1.15 bits per heavy atom. The van der Waals surface area contributed by atoms with E-state index in [0.29, 0.717) is 15.0 Å². The molecule has 47 heavy (non-hydrogen) atoms. The van der Waals surface area contributed by atoms with E-state index in [-0.39, 0.29) is 35.6 Å². The molecule has 4 bridgehead atoms. The van der Waals surface area contributed by atoms with Crippen molar-refractivity contribution in [1.82, 2.24) is 0 Å². The number of halogens is 2. The second kappa shape index (κ2) is 11.1. The molecule has 1 atom stereocenters.